The summed E-state index contributed by atoms with van der Waals surface area (Å²) in [6.45, 7) is 3.16. The van der Waals surface area contributed by atoms with Crippen LogP contribution >= 0.6 is 35.1 Å². The number of hydrogen-bond acceptors (Lipinski definition) is 6. The molecule has 266 valence electrons. The molecule has 0 saturated heterocycles. The Hall–Kier alpha value is -3.95. The van der Waals surface area contributed by atoms with Crippen LogP contribution in [0, 0.1) is 11.6 Å². The summed E-state index contributed by atoms with van der Waals surface area (Å²) >= 11 is 14.2. The van der Waals surface area contributed by atoms with E-state index >= 15 is 0 Å². The zero-order valence-electron chi connectivity index (χ0n) is 27.1. The third kappa shape index (κ3) is 7.40. The second-order valence-electron chi connectivity index (χ2n) is 11.1. The lowest BCUT2D eigenvalue weighted by atomic mass is 9.94. The van der Waals surface area contributed by atoms with Crippen molar-refractivity contribution >= 4 is 57.8 Å². The van der Waals surface area contributed by atoms with Crippen LogP contribution in [-0.4, -0.2) is 36.7 Å². The maximum atomic E-state index is 14.8. The predicted octanol–water partition coefficient (Wildman–Crippen LogP) is 9.21. The Bertz CT molecular complexity index is 2030. The Labute approximate surface area is 297 Å². The highest BCUT2D eigenvalue weighted by Crippen LogP contribution is 2.45. The zero-order valence-corrected chi connectivity index (χ0v) is 29.4. The van der Waals surface area contributed by atoms with E-state index in [0.717, 1.165) is 12.1 Å². The monoisotopic (exact) mass is 757 g/mol. The van der Waals surface area contributed by atoms with Crippen molar-refractivity contribution in [3.05, 3.63) is 92.5 Å². The van der Waals surface area contributed by atoms with Crippen molar-refractivity contribution in [1.82, 2.24) is 29.9 Å². The molecule has 1 aliphatic carbocycles. The van der Waals surface area contributed by atoms with E-state index in [2.05, 4.69) is 25.2 Å². The first-order valence-corrected chi connectivity index (χ1v) is 17.4. The maximum absolute atomic E-state index is 14.8. The van der Waals surface area contributed by atoms with Crippen LogP contribution in [0.1, 0.15) is 60.9 Å². The number of aryl methyl sites for hydroxylation is 1. The van der Waals surface area contributed by atoms with E-state index in [-0.39, 0.29) is 34.8 Å². The van der Waals surface area contributed by atoms with Crippen LogP contribution < -0.4 is 10.0 Å². The molecule has 0 saturated carbocycles. The average molecular weight is 759 g/mol. The summed E-state index contributed by atoms with van der Waals surface area (Å²) in [5.41, 5.74) is 0.0412. The summed E-state index contributed by atoms with van der Waals surface area (Å²) in [5, 5.41) is 11.9. The lowest BCUT2D eigenvalue weighted by Crippen LogP contribution is -2.35. The molecule has 2 aromatic carbocycles. The van der Waals surface area contributed by atoms with E-state index < -0.39 is 60.3 Å². The van der Waals surface area contributed by atoms with Crippen LogP contribution in [-0.2, 0) is 37.2 Å². The smallest absolute Gasteiger partial charge is 0.290 e. The van der Waals surface area contributed by atoms with Crippen molar-refractivity contribution in [1.29, 1.82) is 0 Å². The molecule has 50 heavy (non-hydrogen) atoms. The Morgan fingerprint density at radius 1 is 1.02 bits per heavy atom. The number of amides is 1. The van der Waals surface area contributed by atoms with Gasteiger partial charge in [0.1, 0.15) is 34.7 Å². The minimum absolute atomic E-state index is 0.0180. The first kappa shape index (κ1) is 37.3. The van der Waals surface area contributed by atoms with Crippen molar-refractivity contribution < 1.29 is 31.1 Å². The molecular weight excluding hydrogens is 727 g/mol. The molecule has 5 aromatic rings. The first-order chi connectivity index (χ1) is 23.8. The van der Waals surface area contributed by atoms with Crippen LogP contribution in [0.5, 0.6) is 0 Å². The van der Waals surface area contributed by atoms with Gasteiger partial charge < -0.3 is 10.0 Å². The summed E-state index contributed by atoms with van der Waals surface area (Å²) in [5.74, 6) is -5.62. The molecule has 1 aliphatic rings. The largest absolute Gasteiger partial charge is 0.346 e. The average Bonchev–Trinajstić information content (AvgIpc) is 3.69. The summed E-state index contributed by atoms with van der Waals surface area (Å²) < 4.78 is 90.8. The van der Waals surface area contributed by atoms with Crippen LogP contribution in [0.4, 0.5) is 32.2 Å². The first-order valence-electron chi connectivity index (χ1n) is 15.4. The summed E-state index contributed by atoms with van der Waals surface area (Å²) in [7, 11) is 1.71. The molecule has 3 aromatic heterocycles. The molecule has 1 atom stereocenters. The number of benzene rings is 2. The summed E-state index contributed by atoms with van der Waals surface area (Å²) in [4.78, 5) is 18.1. The minimum Gasteiger partial charge on any atom is -0.346 e. The third-order valence-electron chi connectivity index (χ3n) is 7.96. The van der Waals surface area contributed by atoms with Crippen LogP contribution in [0.15, 0.2) is 42.5 Å². The molecule has 17 heteroatoms. The highest BCUT2D eigenvalue weighted by molar-refractivity contribution is 7.99. The predicted molar refractivity (Wildman–Crippen MR) is 183 cm³/mol. The van der Waals surface area contributed by atoms with Gasteiger partial charge in [0.05, 0.1) is 27.7 Å². The Balaban J connectivity index is 0.00000239. The molecule has 6 rings (SSSR count). The van der Waals surface area contributed by atoms with Crippen molar-refractivity contribution in [2.75, 3.05) is 11.0 Å². The van der Waals surface area contributed by atoms with Gasteiger partial charge in [-0.15, -0.1) is 0 Å². The second-order valence-corrected chi connectivity index (χ2v) is 12.5. The van der Waals surface area contributed by atoms with Crippen molar-refractivity contribution in [2.24, 2.45) is 7.05 Å². The standard InChI is InChI=1S/C31H25Cl2F6N7OS.C2H6/c1-45-27-18(3-5-20(32)24(27)30(43-45)44-48-2)17-4-6-22(33)41-25(17)21(11-14-9-15(34)12-16(35)10-14)40-23(47)13-46-28-19(7-8-31(28,38)39)26(42-46)29(36)37;1-2/h3-6,9-10,12,21,29H,7-8,11,13H2,1-2H3,(H,40,47)(H,43,44);1-2H3. The molecule has 0 aliphatic heterocycles. The minimum atomic E-state index is -3.47. The maximum Gasteiger partial charge on any atom is 0.290 e. The number of nitrogens with zero attached hydrogens (tertiary/aromatic N) is 5. The van der Waals surface area contributed by atoms with Gasteiger partial charge >= 0.3 is 0 Å². The lowest BCUT2D eigenvalue weighted by molar-refractivity contribution is -0.122. The molecule has 3 heterocycles. The van der Waals surface area contributed by atoms with E-state index in [1.54, 1.807) is 29.9 Å². The van der Waals surface area contributed by atoms with Crippen molar-refractivity contribution in [2.45, 2.75) is 58.0 Å². The highest BCUT2D eigenvalue weighted by atomic mass is 35.5. The van der Waals surface area contributed by atoms with Gasteiger partial charge in [0, 0.05) is 42.5 Å². The fourth-order valence-electron chi connectivity index (χ4n) is 6.13. The quantitative estimate of drug-likeness (QED) is 0.0839. The van der Waals surface area contributed by atoms with Crippen molar-refractivity contribution in [3.63, 3.8) is 0 Å². The number of pyridine rings is 1. The van der Waals surface area contributed by atoms with Gasteiger partial charge in [-0.25, -0.2) is 22.5 Å². The van der Waals surface area contributed by atoms with E-state index in [4.69, 9.17) is 23.2 Å². The molecule has 1 amide bonds. The Kier molecular flexibility index (Phi) is 11.3. The summed E-state index contributed by atoms with van der Waals surface area (Å²) in [6.07, 6.45) is -2.54. The normalized spacial score (nSPS) is 14.0. The van der Waals surface area contributed by atoms with E-state index in [9.17, 15) is 31.1 Å². The SMILES string of the molecule is CC.CSNc1nn(C)c2c(-c3ccc(Cl)nc3C(Cc3cc(F)cc(F)c3)NC(=O)Cn3nc(C(F)F)c4c3C(F)(F)CC4)ccc(Cl)c12. The number of rotatable bonds is 10. The molecule has 0 radical (unpaired) electrons. The third-order valence-corrected chi connectivity index (χ3v) is 8.88. The molecule has 2 N–H and O–H groups in total. The number of carbonyl (C=O) groups is 1. The van der Waals surface area contributed by atoms with Gasteiger partial charge in [-0.05, 0) is 48.7 Å². The Morgan fingerprint density at radius 2 is 1.70 bits per heavy atom. The zero-order chi connectivity index (χ0) is 36.5. The molecule has 0 bridgehead atoms. The number of anilines is 1. The van der Waals surface area contributed by atoms with E-state index in [0.29, 0.717) is 43.6 Å². The topological polar surface area (TPSA) is 89.7 Å². The number of nitrogens with one attached hydrogen (secondary N) is 2. The molecule has 8 nitrogen and oxygen atoms in total. The lowest BCUT2D eigenvalue weighted by Gasteiger charge is -2.23. The van der Waals surface area contributed by atoms with Crippen molar-refractivity contribution in [3.8, 4) is 11.1 Å². The number of hydrogen-bond donors (Lipinski definition) is 2. The van der Waals surface area contributed by atoms with Gasteiger partial charge in [-0.2, -0.15) is 19.0 Å². The van der Waals surface area contributed by atoms with Gasteiger partial charge in [0.2, 0.25) is 5.91 Å². The number of aromatic nitrogens is 5. The fourth-order valence-corrected chi connectivity index (χ4v) is 6.86. The Morgan fingerprint density at radius 3 is 2.36 bits per heavy atom. The fraction of sp³-hybridized carbons (Fsp3) is 0.333. The molecular formula is C33H31Cl2F6N7OS. The number of fused-ring (bicyclic) bond motifs is 2. The van der Waals surface area contributed by atoms with E-state index in [1.165, 1.54) is 18.0 Å². The molecule has 0 spiro atoms. The number of halogens is 8. The van der Waals surface area contributed by atoms with Gasteiger partial charge in [0.25, 0.3) is 12.3 Å². The second kappa shape index (κ2) is 15.1. The molecule has 0 fully saturated rings. The van der Waals surface area contributed by atoms with Gasteiger partial charge in [-0.1, -0.05) is 55.1 Å². The van der Waals surface area contributed by atoms with Crippen LogP contribution in [0.3, 0.4) is 0 Å². The van der Waals surface area contributed by atoms with Gasteiger partial charge in [-0.3, -0.25) is 14.2 Å². The number of carbonyl (C=O) groups excluding carboxylic acids is 1. The number of alkyl halides is 4. The van der Waals surface area contributed by atoms with E-state index in [1.807, 2.05) is 20.1 Å². The van der Waals surface area contributed by atoms with Gasteiger partial charge in [0.15, 0.2) is 5.82 Å². The van der Waals surface area contributed by atoms with Crippen LogP contribution in [0.25, 0.3) is 22.0 Å². The summed E-state index contributed by atoms with van der Waals surface area (Å²) in [6, 6.07) is 8.20. The molecule has 1 unspecified atom stereocenters. The van der Waals surface area contributed by atoms with Crippen LogP contribution in [0.2, 0.25) is 10.2 Å². The highest BCUT2D eigenvalue weighted by Gasteiger charge is 2.46.